The fourth-order valence-electron chi connectivity index (χ4n) is 1.10. The number of ether oxygens (including phenoxy) is 1. The van der Waals surface area contributed by atoms with Crippen LogP contribution in [0.2, 0.25) is 0 Å². The van der Waals surface area contributed by atoms with Crippen LogP contribution in [0.15, 0.2) is 18.5 Å². The Labute approximate surface area is 92.5 Å². The molecule has 0 fully saturated rings. The van der Waals surface area contributed by atoms with Gasteiger partial charge in [-0.2, -0.15) is 0 Å². The van der Waals surface area contributed by atoms with Crippen LogP contribution in [0.1, 0.15) is 10.4 Å². The molecule has 1 amide bonds. The molecule has 0 spiro atoms. The van der Waals surface area contributed by atoms with Crippen molar-refractivity contribution in [1.29, 1.82) is 0 Å². The van der Waals surface area contributed by atoms with E-state index in [1.165, 1.54) is 32.6 Å². The van der Waals surface area contributed by atoms with Crippen LogP contribution in [0, 0.1) is 0 Å². The standard InChI is InChI=1S/C10H12N2O4/c1-12(6-9(14)16-2)10(15)7-3-4-11-5-8(7)13/h3-5,13H,6H2,1-2H3. The minimum absolute atomic E-state index is 0.0985. The number of aromatic hydroxyl groups is 1. The summed E-state index contributed by atoms with van der Waals surface area (Å²) < 4.78 is 4.43. The van der Waals surface area contributed by atoms with Crippen molar-refractivity contribution in [3.63, 3.8) is 0 Å². The van der Waals surface area contributed by atoms with Gasteiger partial charge in [0.05, 0.1) is 18.9 Å². The topological polar surface area (TPSA) is 79.7 Å². The highest BCUT2D eigenvalue weighted by Gasteiger charge is 2.17. The van der Waals surface area contributed by atoms with Gasteiger partial charge in [0, 0.05) is 13.2 Å². The lowest BCUT2D eigenvalue weighted by Gasteiger charge is -2.15. The van der Waals surface area contributed by atoms with Crippen molar-refractivity contribution >= 4 is 11.9 Å². The molecule has 0 unspecified atom stereocenters. The van der Waals surface area contributed by atoms with Crippen LogP contribution < -0.4 is 0 Å². The quantitative estimate of drug-likeness (QED) is 0.733. The minimum Gasteiger partial charge on any atom is -0.505 e. The molecule has 0 bridgehead atoms. The fourth-order valence-corrected chi connectivity index (χ4v) is 1.10. The Hall–Kier alpha value is -2.11. The molecule has 6 heteroatoms. The van der Waals surface area contributed by atoms with E-state index in [1.54, 1.807) is 0 Å². The van der Waals surface area contributed by atoms with Crippen molar-refractivity contribution in [2.45, 2.75) is 0 Å². The van der Waals surface area contributed by atoms with Gasteiger partial charge in [0.25, 0.3) is 5.91 Å². The average molecular weight is 224 g/mol. The van der Waals surface area contributed by atoms with Gasteiger partial charge in [0.2, 0.25) is 0 Å². The number of amides is 1. The Bertz CT molecular complexity index is 406. The van der Waals surface area contributed by atoms with E-state index in [1.807, 2.05) is 0 Å². The van der Waals surface area contributed by atoms with Gasteiger partial charge >= 0.3 is 5.97 Å². The molecule has 1 heterocycles. The van der Waals surface area contributed by atoms with E-state index >= 15 is 0 Å². The maximum Gasteiger partial charge on any atom is 0.325 e. The van der Waals surface area contributed by atoms with E-state index < -0.39 is 11.9 Å². The van der Waals surface area contributed by atoms with E-state index in [2.05, 4.69) is 9.72 Å². The molecule has 0 aliphatic carbocycles. The number of rotatable bonds is 3. The second-order valence-corrected chi connectivity index (χ2v) is 3.13. The zero-order valence-electron chi connectivity index (χ0n) is 9.01. The van der Waals surface area contributed by atoms with Gasteiger partial charge in [-0.1, -0.05) is 0 Å². The van der Waals surface area contributed by atoms with Crippen molar-refractivity contribution in [1.82, 2.24) is 9.88 Å². The first kappa shape index (κ1) is 12.0. The number of likely N-dealkylation sites (N-methyl/N-ethyl adjacent to an activating group) is 1. The highest BCUT2D eigenvalue weighted by atomic mass is 16.5. The molecule has 0 saturated heterocycles. The normalized spacial score (nSPS) is 9.62. The van der Waals surface area contributed by atoms with Crippen molar-refractivity contribution < 1.29 is 19.4 Å². The number of aromatic nitrogens is 1. The molecule has 1 aromatic rings. The van der Waals surface area contributed by atoms with Gasteiger partial charge in [-0.25, -0.2) is 0 Å². The second-order valence-electron chi connectivity index (χ2n) is 3.13. The number of nitrogens with zero attached hydrogens (tertiary/aromatic N) is 2. The van der Waals surface area contributed by atoms with Crippen molar-refractivity contribution in [3.05, 3.63) is 24.0 Å². The van der Waals surface area contributed by atoms with E-state index in [0.717, 1.165) is 4.90 Å². The van der Waals surface area contributed by atoms with E-state index in [0.29, 0.717) is 0 Å². The molecular formula is C10H12N2O4. The van der Waals surface area contributed by atoms with E-state index in [9.17, 15) is 14.7 Å². The SMILES string of the molecule is COC(=O)CN(C)C(=O)c1ccncc1O. The molecule has 0 saturated carbocycles. The fraction of sp³-hybridized carbons (Fsp3) is 0.300. The van der Waals surface area contributed by atoms with Crippen LogP contribution >= 0.6 is 0 Å². The number of pyridine rings is 1. The Morgan fingerprint density at radius 1 is 1.56 bits per heavy atom. The molecule has 0 aliphatic heterocycles. The molecule has 1 rings (SSSR count). The number of carbonyl (C=O) groups excluding carboxylic acids is 2. The zero-order chi connectivity index (χ0) is 12.1. The smallest absolute Gasteiger partial charge is 0.325 e. The molecule has 6 nitrogen and oxygen atoms in total. The van der Waals surface area contributed by atoms with Gasteiger partial charge in [-0.15, -0.1) is 0 Å². The van der Waals surface area contributed by atoms with Crippen LogP contribution in [0.25, 0.3) is 0 Å². The zero-order valence-corrected chi connectivity index (χ0v) is 9.01. The summed E-state index contributed by atoms with van der Waals surface area (Å²) in [6.45, 7) is -0.170. The lowest BCUT2D eigenvalue weighted by atomic mass is 10.2. The highest BCUT2D eigenvalue weighted by molar-refractivity contribution is 5.97. The molecule has 86 valence electrons. The summed E-state index contributed by atoms with van der Waals surface area (Å²) in [6.07, 6.45) is 2.55. The van der Waals surface area contributed by atoms with Crippen LogP contribution in [-0.4, -0.2) is 47.6 Å². The number of carbonyl (C=O) groups is 2. The molecule has 0 aliphatic rings. The minimum atomic E-state index is -0.524. The largest absolute Gasteiger partial charge is 0.505 e. The first-order chi connectivity index (χ1) is 7.56. The number of methoxy groups -OCH3 is 1. The lowest BCUT2D eigenvalue weighted by molar-refractivity contribution is -0.141. The maximum atomic E-state index is 11.7. The molecule has 0 atom stereocenters. The Balaban J connectivity index is 2.79. The second kappa shape index (κ2) is 5.11. The van der Waals surface area contributed by atoms with Crippen LogP contribution in [0.4, 0.5) is 0 Å². The number of hydrogen-bond donors (Lipinski definition) is 1. The molecule has 0 radical (unpaired) electrons. The predicted molar refractivity (Wildman–Crippen MR) is 54.9 cm³/mol. The first-order valence-electron chi connectivity index (χ1n) is 4.51. The van der Waals surface area contributed by atoms with Crippen molar-refractivity contribution in [2.75, 3.05) is 20.7 Å². The average Bonchev–Trinajstić information content (AvgIpc) is 2.28. The third-order valence-corrected chi connectivity index (χ3v) is 1.97. The van der Waals surface area contributed by atoms with Crippen LogP contribution in [0.3, 0.4) is 0 Å². The third-order valence-electron chi connectivity index (χ3n) is 1.97. The van der Waals surface area contributed by atoms with Crippen molar-refractivity contribution in [2.24, 2.45) is 0 Å². The van der Waals surface area contributed by atoms with Crippen LogP contribution in [0.5, 0.6) is 5.75 Å². The third kappa shape index (κ3) is 2.69. The summed E-state index contributed by atoms with van der Waals surface area (Å²) in [4.78, 5) is 27.5. The Morgan fingerprint density at radius 3 is 2.81 bits per heavy atom. The first-order valence-corrected chi connectivity index (χ1v) is 4.51. The highest BCUT2D eigenvalue weighted by Crippen LogP contribution is 2.15. The van der Waals surface area contributed by atoms with Crippen molar-refractivity contribution in [3.8, 4) is 5.75 Å². The van der Waals surface area contributed by atoms with E-state index in [-0.39, 0.29) is 17.9 Å². The summed E-state index contributed by atoms with van der Waals surface area (Å²) in [5.41, 5.74) is 0.0985. The summed E-state index contributed by atoms with van der Waals surface area (Å²) in [6, 6.07) is 1.38. The number of esters is 1. The summed E-state index contributed by atoms with van der Waals surface area (Å²) in [5.74, 6) is -1.21. The molecule has 1 N–H and O–H groups in total. The summed E-state index contributed by atoms with van der Waals surface area (Å²) in [7, 11) is 2.68. The van der Waals surface area contributed by atoms with Gasteiger partial charge < -0.3 is 14.7 Å². The number of hydrogen-bond acceptors (Lipinski definition) is 5. The lowest BCUT2D eigenvalue weighted by Crippen LogP contribution is -2.32. The predicted octanol–water partition coefficient (Wildman–Crippen LogP) is 0.0322. The Kier molecular flexibility index (Phi) is 3.82. The Morgan fingerprint density at radius 2 is 2.25 bits per heavy atom. The molecular weight excluding hydrogens is 212 g/mol. The molecule has 0 aromatic carbocycles. The van der Waals surface area contributed by atoms with Gasteiger partial charge in [0.1, 0.15) is 12.3 Å². The van der Waals surface area contributed by atoms with E-state index in [4.69, 9.17) is 0 Å². The molecule has 16 heavy (non-hydrogen) atoms. The summed E-state index contributed by atoms with van der Waals surface area (Å²) in [5, 5.41) is 9.39. The monoisotopic (exact) mass is 224 g/mol. The van der Waals surface area contributed by atoms with Crippen LogP contribution in [-0.2, 0) is 9.53 Å². The van der Waals surface area contributed by atoms with Gasteiger partial charge in [-0.05, 0) is 6.07 Å². The van der Waals surface area contributed by atoms with Gasteiger partial charge in [0.15, 0.2) is 0 Å². The molecule has 1 aromatic heterocycles. The summed E-state index contributed by atoms with van der Waals surface area (Å²) >= 11 is 0. The maximum absolute atomic E-state index is 11.7. The van der Waals surface area contributed by atoms with Gasteiger partial charge in [-0.3, -0.25) is 14.6 Å².